The smallest absolute Gasteiger partial charge is 0.0970 e. The second-order valence-corrected chi connectivity index (χ2v) is 10.1. The van der Waals surface area contributed by atoms with E-state index in [1.54, 1.807) is 6.33 Å². The Balaban J connectivity index is 1.40. The number of aromatic nitrogens is 3. The van der Waals surface area contributed by atoms with E-state index in [-0.39, 0.29) is 0 Å². The first kappa shape index (κ1) is 21.4. The van der Waals surface area contributed by atoms with Crippen molar-refractivity contribution < 1.29 is 0 Å². The third kappa shape index (κ3) is 4.51. The standard InChI is InChI=1S/C26H27ClN4S/c1-17-3-5-20(6-4-17)25-24(19-7-9-22(27)10-8-19)30-26(32-25)21-11-13-31(14-12-21)15-23-18(2)28-16-29-23/h3-10,16,21H,11-15H2,1-2H3,(H,28,29). The van der Waals surface area contributed by atoms with Crippen molar-refractivity contribution in [1.29, 1.82) is 0 Å². The molecular formula is C26H27ClN4S. The summed E-state index contributed by atoms with van der Waals surface area (Å²) in [6, 6.07) is 16.8. The molecule has 1 saturated heterocycles. The van der Waals surface area contributed by atoms with E-state index in [9.17, 15) is 0 Å². The van der Waals surface area contributed by atoms with Crippen LogP contribution in [0.25, 0.3) is 21.7 Å². The second-order valence-electron chi connectivity index (χ2n) is 8.63. The molecule has 1 aliphatic rings. The monoisotopic (exact) mass is 462 g/mol. The topological polar surface area (TPSA) is 44.8 Å². The van der Waals surface area contributed by atoms with Gasteiger partial charge in [-0.25, -0.2) is 9.97 Å². The number of imidazole rings is 1. The van der Waals surface area contributed by atoms with Crippen LogP contribution < -0.4 is 0 Å². The number of rotatable bonds is 5. The first-order valence-corrected chi connectivity index (χ1v) is 12.3. The van der Waals surface area contributed by atoms with Gasteiger partial charge in [0.1, 0.15) is 0 Å². The number of thiazole rings is 1. The van der Waals surface area contributed by atoms with Crippen LogP contribution in [0.5, 0.6) is 0 Å². The van der Waals surface area contributed by atoms with E-state index in [2.05, 4.69) is 65.1 Å². The predicted octanol–water partition coefficient (Wildman–Crippen LogP) is 6.85. The molecule has 0 spiro atoms. The highest BCUT2D eigenvalue weighted by atomic mass is 35.5. The number of nitrogens with zero attached hydrogens (tertiary/aromatic N) is 3. The normalized spacial score (nSPS) is 15.3. The molecule has 0 atom stereocenters. The van der Waals surface area contributed by atoms with Gasteiger partial charge in [0.05, 0.1) is 27.6 Å². The van der Waals surface area contributed by atoms with Gasteiger partial charge in [0.2, 0.25) is 0 Å². The summed E-state index contributed by atoms with van der Waals surface area (Å²) in [4.78, 5) is 16.6. The van der Waals surface area contributed by atoms with Gasteiger partial charge in [-0.1, -0.05) is 53.6 Å². The molecule has 0 bridgehead atoms. The van der Waals surface area contributed by atoms with E-state index < -0.39 is 0 Å². The number of piperidine rings is 1. The lowest BCUT2D eigenvalue weighted by molar-refractivity contribution is 0.202. The van der Waals surface area contributed by atoms with E-state index in [4.69, 9.17) is 16.6 Å². The van der Waals surface area contributed by atoms with Crippen molar-refractivity contribution in [2.45, 2.75) is 39.2 Å². The van der Waals surface area contributed by atoms with Gasteiger partial charge in [-0.3, -0.25) is 4.90 Å². The molecule has 3 heterocycles. The Morgan fingerprint density at radius 2 is 1.69 bits per heavy atom. The van der Waals surface area contributed by atoms with Crippen molar-refractivity contribution in [3.63, 3.8) is 0 Å². The van der Waals surface area contributed by atoms with Crippen molar-refractivity contribution >= 4 is 22.9 Å². The minimum atomic E-state index is 0.502. The van der Waals surface area contributed by atoms with Gasteiger partial charge >= 0.3 is 0 Å². The molecular weight excluding hydrogens is 436 g/mol. The molecule has 0 amide bonds. The van der Waals surface area contributed by atoms with E-state index in [1.165, 1.54) is 26.7 Å². The lowest BCUT2D eigenvalue weighted by Gasteiger charge is -2.30. The number of halogens is 1. The van der Waals surface area contributed by atoms with Gasteiger partial charge in [0.15, 0.2) is 0 Å². The highest BCUT2D eigenvalue weighted by molar-refractivity contribution is 7.15. The molecule has 0 radical (unpaired) electrons. The molecule has 5 rings (SSSR count). The summed E-state index contributed by atoms with van der Waals surface area (Å²) in [5.41, 5.74) is 7.02. The molecule has 2 aromatic carbocycles. The number of H-pyrrole nitrogens is 1. The number of aromatic amines is 1. The summed E-state index contributed by atoms with van der Waals surface area (Å²) in [6.45, 7) is 7.29. The molecule has 0 unspecified atom stereocenters. The van der Waals surface area contributed by atoms with E-state index in [1.807, 2.05) is 23.5 Å². The minimum absolute atomic E-state index is 0.502. The van der Waals surface area contributed by atoms with Crippen LogP contribution in [0.15, 0.2) is 54.9 Å². The average molecular weight is 463 g/mol. The zero-order valence-corrected chi connectivity index (χ0v) is 20.0. The Kier molecular flexibility index (Phi) is 6.13. The number of benzene rings is 2. The highest BCUT2D eigenvalue weighted by Gasteiger charge is 2.26. The van der Waals surface area contributed by atoms with Crippen LogP contribution >= 0.6 is 22.9 Å². The van der Waals surface area contributed by atoms with Crippen LogP contribution in [0.1, 0.15) is 40.7 Å². The van der Waals surface area contributed by atoms with Crippen molar-refractivity contribution in [3.05, 3.63) is 81.8 Å². The van der Waals surface area contributed by atoms with E-state index in [0.717, 1.165) is 54.4 Å². The summed E-state index contributed by atoms with van der Waals surface area (Å²) < 4.78 is 0. The number of hydrogen-bond donors (Lipinski definition) is 1. The Labute approximate surface area is 198 Å². The largest absolute Gasteiger partial charge is 0.348 e. The second kappa shape index (κ2) is 9.18. The Hall–Kier alpha value is -2.47. The summed E-state index contributed by atoms with van der Waals surface area (Å²) >= 11 is 8.00. The third-order valence-electron chi connectivity index (χ3n) is 6.32. The number of aryl methyl sites for hydroxylation is 2. The van der Waals surface area contributed by atoms with Gasteiger partial charge < -0.3 is 4.98 Å². The lowest BCUT2D eigenvalue weighted by atomic mass is 9.97. The van der Waals surface area contributed by atoms with Crippen molar-refractivity contribution in [3.8, 4) is 21.7 Å². The quantitative estimate of drug-likeness (QED) is 0.352. The maximum absolute atomic E-state index is 6.15. The van der Waals surface area contributed by atoms with Gasteiger partial charge in [0.25, 0.3) is 0 Å². The van der Waals surface area contributed by atoms with Gasteiger partial charge in [-0.2, -0.15) is 0 Å². The first-order valence-electron chi connectivity index (χ1n) is 11.1. The predicted molar refractivity (Wildman–Crippen MR) is 133 cm³/mol. The highest BCUT2D eigenvalue weighted by Crippen LogP contribution is 2.42. The molecule has 6 heteroatoms. The number of nitrogens with one attached hydrogen (secondary N) is 1. The summed E-state index contributed by atoms with van der Waals surface area (Å²) in [5, 5.41) is 2.00. The van der Waals surface area contributed by atoms with Crippen LogP contribution in [0.4, 0.5) is 0 Å². The first-order chi connectivity index (χ1) is 15.6. The average Bonchev–Trinajstić information content (AvgIpc) is 3.42. The Bertz CT molecular complexity index is 1120. The van der Waals surface area contributed by atoms with Gasteiger partial charge in [0, 0.05) is 28.7 Å². The van der Waals surface area contributed by atoms with Crippen LogP contribution in [-0.4, -0.2) is 32.9 Å². The van der Waals surface area contributed by atoms with Crippen LogP contribution in [0, 0.1) is 13.8 Å². The zero-order valence-electron chi connectivity index (χ0n) is 18.4. The summed E-state index contributed by atoms with van der Waals surface area (Å²) in [5.74, 6) is 0.502. The summed E-state index contributed by atoms with van der Waals surface area (Å²) in [7, 11) is 0. The molecule has 4 nitrogen and oxygen atoms in total. The Morgan fingerprint density at radius 1 is 1.00 bits per heavy atom. The van der Waals surface area contributed by atoms with Crippen molar-refractivity contribution in [1.82, 2.24) is 19.9 Å². The molecule has 32 heavy (non-hydrogen) atoms. The maximum atomic E-state index is 6.15. The molecule has 1 aliphatic heterocycles. The molecule has 4 aromatic rings. The molecule has 164 valence electrons. The Morgan fingerprint density at radius 3 is 2.34 bits per heavy atom. The van der Waals surface area contributed by atoms with Crippen molar-refractivity contribution in [2.75, 3.05) is 13.1 Å². The molecule has 2 aromatic heterocycles. The number of hydrogen-bond acceptors (Lipinski definition) is 4. The summed E-state index contributed by atoms with van der Waals surface area (Å²) in [6.07, 6.45) is 4.05. The fourth-order valence-electron chi connectivity index (χ4n) is 4.31. The SMILES string of the molecule is Cc1ccc(-c2sc(C3CCN(Cc4nc[nH]c4C)CC3)nc2-c2ccc(Cl)cc2)cc1. The van der Waals surface area contributed by atoms with E-state index in [0.29, 0.717) is 5.92 Å². The van der Waals surface area contributed by atoms with Crippen molar-refractivity contribution in [2.24, 2.45) is 0 Å². The molecule has 0 aliphatic carbocycles. The lowest BCUT2D eigenvalue weighted by Crippen LogP contribution is -2.32. The maximum Gasteiger partial charge on any atom is 0.0970 e. The minimum Gasteiger partial charge on any atom is -0.348 e. The van der Waals surface area contributed by atoms with Gasteiger partial charge in [-0.05, 0) is 57.5 Å². The number of likely N-dealkylation sites (tertiary alicyclic amines) is 1. The van der Waals surface area contributed by atoms with Crippen LogP contribution in [-0.2, 0) is 6.54 Å². The zero-order chi connectivity index (χ0) is 22.1. The molecule has 1 fully saturated rings. The van der Waals surface area contributed by atoms with Crippen LogP contribution in [0.3, 0.4) is 0 Å². The fraction of sp³-hybridized carbons (Fsp3) is 0.308. The van der Waals surface area contributed by atoms with Crippen LogP contribution in [0.2, 0.25) is 5.02 Å². The third-order valence-corrected chi connectivity index (χ3v) is 7.84. The molecule has 0 saturated carbocycles. The molecule has 1 N–H and O–H groups in total. The van der Waals surface area contributed by atoms with E-state index >= 15 is 0 Å². The fourth-order valence-corrected chi connectivity index (χ4v) is 5.70. The van der Waals surface area contributed by atoms with Gasteiger partial charge in [-0.15, -0.1) is 11.3 Å².